The molecule has 0 aliphatic carbocycles. The molecule has 2 aliphatic rings. The average Bonchev–Trinajstić information content (AvgIpc) is 3.35. The summed E-state index contributed by atoms with van der Waals surface area (Å²) in [7, 11) is 1.64. The zero-order valence-electron chi connectivity index (χ0n) is 15.8. The molecule has 7 nitrogen and oxygen atoms in total. The molecule has 0 unspecified atom stereocenters. The maximum atomic E-state index is 12.4. The van der Waals surface area contributed by atoms with E-state index in [0.717, 1.165) is 30.0 Å². The third kappa shape index (κ3) is 4.09. The number of nitrogens with zero attached hydrogens (tertiary/aromatic N) is 2. The molecule has 9 heteroatoms. The van der Waals surface area contributed by atoms with E-state index in [1.54, 1.807) is 25.2 Å². The van der Waals surface area contributed by atoms with Crippen molar-refractivity contribution in [3.63, 3.8) is 0 Å². The number of benzene rings is 1. The Kier molecular flexibility index (Phi) is 5.47. The molecule has 4 rings (SSSR count). The van der Waals surface area contributed by atoms with E-state index in [4.69, 9.17) is 16.3 Å². The summed E-state index contributed by atoms with van der Waals surface area (Å²) in [4.78, 5) is 41.4. The third-order valence-corrected chi connectivity index (χ3v) is 6.35. The zero-order valence-corrected chi connectivity index (χ0v) is 17.4. The molecule has 1 N–H and O–H groups in total. The van der Waals surface area contributed by atoms with Crippen LogP contribution in [0.5, 0.6) is 0 Å². The summed E-state index contributed by atoms with van der Waals surface area (Å²) in [6, 6.07) is 8.58. The molecule has 2 aromatic rings. The summed E-state index contributed by atoms with van der Waals surface area (Å²) in [5.74, 6) is -0.966. The second-order valence-electron chi connectivity index (χ2n) is 7.10. The van der Waals surface area contributed by atoms with Crippen LogP contribution in [0.25, 0.3) is 0 Å². The van der Waals surface area contributed by atoms with Gasteiger partial charge in [0.1, 0.15) is 6.04 Å². The summed E-state index contributed by atoms with van der Waals surface area (Å²) in [5, 5.41) is 2.87. The number of halogens is 1. The first kappa shape index (κ1) is 19.7. The van der Waals surface area contributed by atoms with Gasteiger partial charge in [0.05, 0.1) is 27.8 Å². The Balaban J connectivity index is 1.37. The van der Waals surface area contributed by atoms with Crippen LogP contribution in [-0.2, 0) is 20.9 Å². The zero-order chi connectivity index (χ0) is 20.5. The van der Waals surface area contributed by atoms with Gasteiger partial charge in [-0.25, -0.2) is 4.79 Å². The Labute approximate surface area is 177 Å². The lowest BCUT2D eigenvalue weighted by molar-refractivity contribution is -0.133. The Morgan fingerprint density at radius 2 is 2.17 bits per heavy atom. The molecule has 0 bridgehead atoms. The average molecular weight is 434 g/mol. The topological polar surface area (TPSA) is 79.0 Å². The number of likely N-dealkylation sites (N-methyl/N-ethyl adjacent to an activating group) is 1. The minimum atomic E-state index is -0.605. The fourth-order valence-electron chi connectivity index (χ4n) is 3.64. The van der Waals surface area contributed by atoms with Gasteiger partial charge in [-0.05, 0) is 43.2 Å². The maximum Gasteiger partial charge on any atom is 0.338 e. The van der Waals surface area contributed by atoms with Crippen LogP contribution in [0.15, 0.2) is 30.3 Å². The normalized spacial score (nSPS) is 17.4. The lowest BCUT2D eigenvalue weighted by atomic mass is 10.1. The van der Waals surface area contributed by atoms with Crippen molar-refractivity contribution in [3.05, 3.63) is 45.1 Å². The molecular formula is C20H20ClN3O4S. The molecule has 29 heavy (non-hydrogen) atoms. The van der Waals surface area contributed by atoms with Crippen molar-refractivity contribution >= 4 is 52.1 Å². The number of hydrogen-bond donors (Lipinski definition) is 1. The number of nitrogens with one attached hydrogen (secondary N) is 1. The molecule has 3 heterocycles. The van der Waals surface area contributed by atoms with Gasteiger partial charge in [0.15, 0.2) is 6.61 Å². The summed E-state index contributed by atoms with van der Waals surface area (Å²) in [6.07, 6.45) is 1.80. The first-order valence-corrected chi connectivity index (χ1v) is 10.5. The molecule has 2 amide bonds. The Morgan fingerprint density at radius 3 is 2.93 bits per heavy atom. The fourth-order valence-corrected chi connectivity index (χ4v) is 4.78. The minimum Gasteiger partial charge on any atom is -0.452 e. The fraction of sp³-hybridized carbons (Fsp3) is 0.350. The molecule has 1 saturated heterocycles. The second-order valence-corrected chi connectivity index (χ2v) is 8.90. The van der Waals surface area contributed by atoms with E-state index < -0.39 is 5.97 Å². The molecule has 1 atom stereocenters. The number of thiophene rings is 1. The van der Waals surface area contributed by atoms with Crippen LogP contribution in [-0.4, -0.2) is 48.9 Å². The predicted molar refractivity (Wildman–Crippen MR) is 112 cm³/mol. The first-order chi connectivity index (χ1) is 13.9. The Morgan fingerprint density at radius 1 is 1.34 bits per heavy atom. The van der Waals surface area contributed by atoms with Gasteiger partial charge < -0.3 is 19.9 Å². The van der Waals surface area contributed by atoms with Crippen LogP contribution in [0.4, 0.5) is 11.4 Å². The van der Waals surface area contributed by atoms with Gasteiger partial charge >= 0.3 is 5.97 Å². The highest BCUT2D eigenvalue weighted by molar-refractivity contribution is 7.16. The molecular weight excluding hydrogens is 414 g/mol. The smallest absolute Gasteiger partial charge is 0.338 e. The number of esters is 1. The number of anilines is 2. The Hall–Kier alpha value is -2.58. The molecule has 0 saturated carbocycles. The largest absolute Gasteiger partial charge is 0.452 e. The highest BCUT2D eigenvalue weighted by Crippen LogP contribution is 2.37. The van der Waals surface area contributed by atoms with Crippen molar-refractivity contribution in [1.29, 1.82) is 0 Å². The van der Waals surface area contributed by atoms with Crippen LogP contribution in [0, 0.1) is 0 Å². The standard InChI is InChI=1S/C20H20ClN3O4S/c1-23(10-13-5-7-17(21)29-13)18(25)11-28-20(27)12-4-6-15-14(9-12)22-19(26)16-3-2-8-24(15)16/h4-7,9,16H,2-3,8,10-11H2,1H3,(H,22,26)/t16-/m0/s1. The van der Waals surface area contributed by atoms with Crippen LogP contribution in [0.2, 0.25) is 4.34 Å². The summed E-state index contributed by atoms with van der Waals surface area (Å²) >= 11 is 7.30. The highest BCUT2D eigenvalue weighted by atomic mass is 35.5. The molecule has 1 aromatic heterocycles. The van der Waals surface area contributed by atoms with Crippen LogP contribution < -0.4 is 10.2 Å². The van der Waals surface area contributed by atoms with Crippen molar-refractivity contribution in [3.8, 4) is 0 Å². The van der Waals surface area contributed by atoms with E-state index >= 15 is 0 Å². The summed E-state index contributed by atoms with van der Waals surface area (Å²) in [6.45, 7) is 0.868. The molecule has 152 valence electrons. The van der Waals surface area contributed by atoms with Crippen molar-refractivity contribution < 1.29 is 19.1 Å². The van der Waals surface area contributed by atoms with Crippen LogP contribution >= 0.6 is 22.9 Å². The van der Waals surface area contributed by atoms with E-state index in [1.165, 1.54) is 16.2 Å². The summed E-state index contributed by atoms with van der Waals surface area (Å²) in [5.41, 5.74) is 1.80. The minimum absolute atomic E-state index is 0.0500. The number of carbonyl (C=O) groups excluding carboxylic acids is 3. The van der Waals surface area contributed by atoms with Gasteiger partial charge in [0, 0.05) is 18.5 Å². The number of hydrogen-bond acceptors (Lipinski definition) is 6. The van der Waals surface area contributed by atoms with E-state index in [0.29, 0.717) is 22.1 Å². The van der Waals surface area contributed by atoms with Crippen molar-refractivity contribution in [2.45, 2.75) is 25.4 Å². The SMILES string of the molecule is CN(Cc1ccc(Cl)s1)C(=O)COC(=O)c1ccc2c(c1)NC(=O)[C@@H]1CCCN21. The monoisotopic (exact) mass is 433 g/mol. The summed E-state index contributed by atoms with van der Waals surface area (Å²) < 4.78 is 5.84. The Bertz CT molecular complexity index is 976. The molecule has 0 spiro atoms. The molecule has 0 radical (unpaired) electrons. The lowest BCUT2D eigenvalue weighted by Gasteiger charge is -2.33. The number of fused-ring (bicyclic) bond motifs is 3. The number of ether oxygens (including phenoxy) is 1. The van der Waals surface area contributed by atoms with Crippen molar-refractivity contribution in [1.82, 2.24) is 4.90 Å². The van der Waals surface area contributed by atoms with Gasteiger partial charge in [0.25, 0.3) is 5.91 Å². The van der Waals surface area contributed by atoms with Gasteiger partial charge in [-0.15, -0.1) is 11.3 Å². The van der Waals surface area contributed by atoms with Crippen LogP contribution in [0.3, 0.4) is 0 Å². The maximum absolute atomic E-state index is 12.4. The van der Waals surface area contributed by atoms with E-state index in [1.807, 2.05) is 12.1 Å². The first-order valence-electron chi connectivity index (χ1n) is 9.29. The predicted octanol–water partition coefficient (Wildman–Crippen LogP) is 3.14. The van der Waals surface area contributed by atoms with Crippen LogP contribution in [0.1, 0.15) is 28.1 Å². The van der Waals surface area contributed by atoms with Crippen molar-refractivity contribution in [2.75, 3.05) is 30.4 Å². The lowest BCUT2D eigenvalue weighted by Crippen LogP contribution is -2.43. The van der Waals surface area contributed by atoms with E-state index in [2.05, 4.69) is 10.2 Å². The van der Waals surface area contributed by atoms with Gasteiger partial charge in [0.2, 0.25) is 5.91 Å². The number of carbonyl (C=O) groups is 3. The van der Waals surface area contributed by atoms with Crippen molar-refractivity contribution in [2.24, 2.45) is 0 Å². The van der Waals surface area contributed by atoms with E-state index in [-0.39, 0.29) is 24.5 Å². The quantitative estimate of drug-likeness (QED) is 0.733. The van der Waals surface area contributed by atoms with Gasteiger partial charge in [-0.3, -0.25) is 9.59 Å². The number of rotatable bonds is 5. The molecule has 2 aliphatic heterocycles. The van der Waals surface area contributed by atoms with Gasteiger partial charge in [-0.1, -0.05) is 11.6 Å². The number of amides is 2. The highest BCUT2D eigenvalue weighted by Gasteiger charge is 2.36. The molecule has 1 aromatic carbocycles. The molecule has 1 fully saturated rings. The second kappa shape index (κ2) is 8.04. The third-order valence-electron chi connectivity index (χ3n) is 5.13. The van der Waals surface area contributed by atoms with Gasteiger partial charge in [-0.2, -0.15) is 0 Å². The van der Waals surface area contributed by atoms with E-state index in [9.17, 15) is 14.4 Å².